The monoisotopic (exact) mass is 301 g/mol. The van der Waals surface area contributed by atoms with E-state index in [1.165, 1.54) is 0 Å². The molecule has 3 nitrogen and oxygen atoms in total. The standard InChI is InChI=1S/C17H17F2N3/c1-12-5-6-17(18,19)16(2,8-12)10-22-11-21-14-4-3-13(9-20)7-15(14)22/h3-4,7,11H,1,5-6,8,10H2,2H3/t16-/m0/s1. The molecule has 0 spiro atoms. The third kappa shape index (κ3) is 2.29. The van der Waals surface area contributed by atoms with E-state index < -0.39 is 11.3 Å². The highest BCUT2D eigenvalue weighted by Gasteiger charge is 2.52. The molecule has 1 aromatic carbocycles. The second-order valence-electron chi connectivity index (χ2n) is 6.38. The molecule has 1 aliphatic carbocycles. The number of rotatable bonds is 2. The lowest BCUT2D eigenvalue weighted by atomic mass is 9.70. The van der Waals surface area contributed by atoms with E-state index >= 15 is 0 Å². The van der Waals surface area contributed by atoms with Gasteiger partial charge in [0.2, 0.25) is 0 Å². The number of benzene rings is 1. The Bertz CT molecular complexity index is 785. The summed E-state index contributed by atoms with van der Waals surface area (Å²) in [5, 5.41) is 9.00. The molecule has 114 valence electrons. The fraction of sp³-hybridized carbons (Fsp3) is 0.412. The first kappa shape index (κ1) is 14.7. The fourth-order valence-corrected chi connectivity index (χ4v) is 3.20. The molecule has 1 heterocycles. The summed E-state index contributed by atoms with van der Waals surface area (Å²) in [6, 6.07) is 7.18. The molecule has 0 aliphatic heterocycles. The normalized spacial score (nSPS) is 24.4. The summed E-state index contributed by atoms with van der Waals surface area (Å²) >= 11 is 0. The van der Waals surface area contributed by atoms with Gasteiger partial charge in [0.25, 0.3) is 5.92 Å². The maximum Gasteiger partial charge on any atom is 0.255 e. The summed E-state index contributed by atoms with van der Waals surface area (Å²) in [5.74, 6) is -2.74. The maximum atomic E-state index is 14.4. The Kier molecular flexibility index (Phi) is 3.28. The van der Waals surface area contributed by atoms with E-state index in [1.807, 2.05) is 0 Å². The minimum Gasteiger partial charge on any atom is -0.330 e. The fourth-order valence-electron chi connectivity index (χ4n) is 3.20. The van der Waals surface area contributed by atoms with Gasteiger partial charge in [-0.05, 0) is 31.0 Å². The van der Waals surface area contributed by atoms with Crippen molar-refractivity contribution < 1.29 is 8.78 Å². The molecule has 1 aliphatic rings. The Hall–Kier alpha value is -2.22. The molecule has 0 unspecified atom stereocenters. The summed E-state index contributed by atoms with van der Waals surface area (Å²) in [6.07, 6.45) is 2.10. The van der Waals surface area contributed by atoms with E-state index in [1.54, 1.807) is 36.0 Å². The van der Waals surface area contributed by atoms with E-state index in [0.29, 0.717) is 29.4 Å². The second kappa shape index (κ2) is 4.91. The smallest absolute Gasteiger partial charge is 0.255 e. The molecule has 0 saturated heterocycles. The molecular formula is C17H17F2N3. The number of hydrogen-bond donors (Lipinski definition) is 0. The quantitative estimate of drug-likeness (QED) is 0.776. The van der Waals surface area contributed by atoms with Crippen molar-refractivity contribution in [1.82, 2.24) is 9.55 Å². The van der Waals surface area contributed by atoms with Crippen molar-refractivity contribution in [2.75, 3.05) is 0 Å². The van der Waals surface area contributed by atoms with Crippen LogP contribution in [-0.4, -0.2) is 15.5 Å². The lowest BCUT2D eigenvalue weighted by molar-refractivity contribution is -0.137. The molecule has 2 aromatic rings. The van der Waals surface area contributed by atoms with Gasteiger partial charge in [-0.15, -0.1) is 0 Å². The van der Waals surface area contributed by atoms with Crippen molar-refractivity contribution in [3.8, 4) is 6.07 Å². The number of allylic oxidation sites excluding steroid dienone is 1. The molecule has 0 radical (unpaired) electrons. The summed E-state index contributed by atoms with van der Waals surface area (Å²) in [7, 11) is 0. The van der Waals surface area contributed by atoms with Crippen molar-refractivity contribution in [2.24, 2.45) is 5.41 Å². The summed E-state index contributed by atoms with van der Waals surface area (Å²) < 4.78 is 30.6. The maximum absolute atomic E-state index is 14.4. The van der Waals surface area contributed by atoms with Crippen LogP contribution in [0.3, 0.4) is 0 Å². The molecule has 22 heavy (non-hydrogen) atoms. The third-order valence-corrected chi connectivity index (χ3v) is 4.59. The average Bonchev–Trinajstić information content (AvgIpc) is 2.86. The first-order valence-electron chi connectivity index (χ1n) is 7.24. The minimum atomic E-state index is -2.74. The Morgan fingerprint density at radius 2 is 2.23 bits per heavy atom. The predicted octanol–water partition coefficient (Wildman–Crippen LogP) is 4.29. The predicted molar refractivity (Wildman–Crippen MR) is 80.5 cm³/mol. The Morgan fingerprint density at radius 1 is 1.45 bits per heavy atom. The molecule has 1 fully saturated rings. The number of alkyl halides is 2. The molecule has 0 N–H and O–H groups in total. The van der Waals surface area contributed by atoms with E-state index in [4.69, 9.17) is 5.26 Å². The topological polar surface area (TPSA) is 41.6 Å². The summed E-state index contributed by atoms with van der Waals surface area (Å²) in [6.45, 7) is 5.66. The van der Waals surface area contributed by atoms with Gasteiger partial charge in [0.1, 0.15) is 0 Å². The zero-order valence-electron chi connectivity index (χ0n) is 12.4. The number of hydrogen-bond acceptors (Lipinski definition) is 2. The summed E-state index contributed by atoms with van der Waals surface area (Å²) in [5.41, 5.74) is 1.61. The van der Waals surface area contributed by atoms with Crippen LogP contribution >= 0.6 is 0 Å². The summed E-state index contributed by atoms with van der Waals surface area (Å²) in [4.78, 5) is 4.24. The van der Waals surface area contributed by atoms with E-state index in [-0.39, 0.29) is 13.0 Å². The molecule has 3 rings (SSSR count). The van der Waals surface area contributed by atoms with Crippen molar-refractivity contribution in [1.29, 1.82) is 5.26 Å². The van der Waals surface area contributed by atoms with Crippen molar-refractivity contribution in [2.45, 2.75) is 38.7 Å². The van der Waals surface area contributed by atoms with Gasteiger partial charge in [0.05, 0.1) is 34.4 Å². The van der Waals surface area contributed by atoms with Crippen LogP contribution in [-0.2, 0) is 6.54 Å². The van der Waals surface area contributed by atoms with Gasteiger partial charge >= 0.3 is 0 Å². The van der Waals surface area contributed by atoms with Crippen molar-refractivity contribution >= 4 is 11.0 Å². The largest absolute Gasteiger partial charge is 0.330 e. The SMILES string of the molecule is C=C1CCC(F)(F)[C@](C)(Cn2cnc3ccc(C#N)cc32)C1. The van der Waals surface area contributed by atoms with Crippen LogP contribution in [0.5, 0.6) is 0 Å². The van der Waals surface area contributed by atoms with Gasteiger partial charge in [0, 0.05) is 13.0 Å². The molecule has 1 atom stereocenters. The van der Waals surface area contributed by atoms with Crippen molar-refractivity contribution in [3.05, 3.63) is 42.2 Å². The van der Waals surface area contributed by atoms with Crippen LogP contribution in [0.15, 0.2) is 36.7 Å². The van der Waals surface area contributed by atoms with Gasteiger partial charge in [-0.1, -0.05) is 19.1 Å². The van der Waals surface area contributed by atoms with Gasteiger partial charge in [-0.3, -0.25) is 0 Å². The minimum absolute atomic E-state index is 0.154. The lowest BCUT2D eigenvalue weighted by Gasteiger charge is -2.42. The van der Waals surface area contributed by atoms with Gasteiger partial charge in [-0.2, -0.15) is 5.26 Å². The number of imidazole rings is 1. The van der Waals surface area contributed by atoms with Crippen LogP contribution < -0.4 is 0 Å². The van der Waals surface area contributed by atoms with E-state index in [0.717, 1.165) is 5.57 Å². The zero-order valence-corrected chi connectivity index (χ0v) is 12.4. The van der Waals surface area contributed by atoms with Gasteiger partial charge in [-0.25, -0.2) is 13.8 Å². The Morgan fingerprint density at radius 3 is 2.95 bits per heavy atom. The number of nitriles is 1. The first-order valence-corrected chi connectivity index (χ1v) is 7.24. The third-order valence-electron chi connectivity index (χ3n) is 4.59. The van der Waals surface area contributed by atoms with Gasteiger partial charge in [0.15, 0.2) is 0 Å². The molecule has 1 saturated carbocycles. The number of aromatic nitrogens is 2. The highest BCUT2D eigenvalue weighted by Crippen LogP contribution is 2.50. The molecule has 1 aromatic heterocycles. The van der Waals surface area contributed by atoms with Crippen LogP contribution in [0.1, 0.15) is 31.7 Å². The molecule has 0 bridgehead atoms. The van der Waals surface area contributed by atoms with Crippen LogP contribution in [0, 0.1) is 16.7 Å². The highest BCUT2D eigenvalue weighted by atomic mass is 19.3. The number of nitrogens with zero attached hydrogens (tertiary/aromatic N) is 3. The van der Waals surface area contributed by atoms with Crippen molar-refractivity contribution in [3.63, 3.8) is 0 Å². The zero-order chi connectivity index (χ0) is 16.0. The lowest BCUT2D eigenvalue weighted by Crippen LogP contribution is -2.45. The Labute approximate surface area is 127 Å². The van der Waals surface area contributed by atoms with E-state index in [9.17, 15) is 8.78 Å². The highest BCUT2D eigenvalue weighted by molar-refractivity contribution is 5.77. The molecule has 0 amide bonds. The Balaban J connectivity index is 2.01. The average molecular weight is 301 g/mol. The first-order chi connectivity index (χ1) is 10.3. The van der Waals surface area contributed by atoms with Gasteiger partial charge < -0.3 is 4.57 Å². The molecule has 5 heteroatoms. The number of fused-ring (bicyclic) bond motifs is 1. The van der Waals surface area contributed by atoms with Crippen LogP contribution in [0.25, 0.3) is 11.0 Å². The van der Waals surface area contributed by atoms with E-state index in [2.05, 4.69) is 17.6 Å². The van der Waals surface area contributed by atoms with Crippen LogP contribution in [0.4, 0.5) is 8.78 Å². The number of halogens is 2. The second-order valence-corrected chi connectivity index (χ2v) is 6.38. The van der Waals surface area contributed by atoms with Crippen LogP contribution in [0.2, 0.25) is 0 Å². The molecular weight excluding hydrogens is 284 g/mol.